The highest BCUT2D eigenvalue weighted by molar-refractivity contribution is 7.99. The highest BCUT2D eigenvalue weighted by Gasteiger charge is 2.64. The number of hydrogen-bond acceptors (Lipinski definition) is 12. The van der Waals surface area contributed by atoms with Gasteiger partial charge >= 0.3 is 12.1 Å². The monoisotopic (exact) mass is 850 g/mol. The van der Waals surface area contributed by atoms with Crippen LogP contribution in [0.3, 0.4) is 0 Å². The van der Waals surface area contributed by atoms with Crippen LogP contribution in [-0.2, 0) is 44.5 Å². The minimum atomic E-state index is -1.68. The lowest BCUT2D eigenvalue weighted by Gasteiger charge is -2.40. The van der Waals surface area contributed by atoms with Gasteiger partial charge in [0.1, 0.15) is 40.3 Å². The second-order valence-corrected chi connectivity index (χ2v) is 17.3. The molecule has 0 radical (unpaired) electrons. The van der Waals surface area contributed by atoms with Crippen LogP contribution in [0.4, 0.5) is 10.5 Å². The molecule has 1 aromatic rings. The van der Waals surface area contributed by atoms with E-state index in [0.717, 1.165) is 11.1 Å². The van der Waals surface area contributed by atoms with E-state index in [4.69, 9.17) is 35.3 Å². The van der Waals surface area contributed by atoms with Crippen LogP contribution in [0.2, 0.25) is 5.02 Å². The fourth-order valence-electron chi connectivity index (χ4n) is 7.18. The van der Waals surface area contributed by atoms with Crippen molar-refractivity contribution in [1.82, 2.24) is 15.1 Å². The van der Waals surface area contributed by atoms with Crippen LogP contribution in [0.15, 0.2) is 35.9 Å². The second-order valence-electron chi connectivity index (χ2n) is 15.7. The van der Waals surface area contributed by atoms with Crippen LogP contribution in [0.5, 0.6) is 5.75 Å². The molecule has 8 atom stereocenters. The summed E-state index contributed by atoms with van der Waals surface area (Å²) in [6.45, 7) is 7.01. The van der Waals surface area contributed by atoms with Crippen LogP contribution in [0.25, 0.3) is 0 Å². The lowest BCUT2D eigenvalue weighted by atomic mass is 9.83. The molecule has 4 rings (SSSR count). The molecule has 2 saturated heterocycles. The normalized spacial score (nSPS) is 29.6. The zero-order valence-electron chi connectivity index (χ0n) is 35.2. The first kappa shape index (κ1) is 46.9. The molecule has 4 amide bonds. The van der Waals surface area contributed by atoms with E-state index >= 15 is 0 Å². The van der Waals surface area contributed by atoms with Gasteiger partial charge in [-0.3, -0.25) is 19.7 Å². The summed E-state index contributed by atoms with van der Waals surface area (Å²) in [5, 5.41) is 14.4. The number of halogens is 1. The van der Waals surface area contributed by atoms with Gasteiger partial charge in [-0.05, 0) is 44.9 Å². The van der Waals surface area contributed by atoms with E-state index < -0.39 is 65.7 Å². The van der Waals surface area contributed by atoms with E-state index in [1.54, 1.807) is 60.1 Å². The molecule has 0 saturated carbocycles. The zero-order valence-corrected chi connectivity index (χ0v) is 36.7. The third-order valence-corrected chi connectivity index (χ3v) is 12.5. The number of nitrogens with one attached hydrogen (secondary N) is 1. The van der Waals surface area contributed by atoms with Gasteiger partial charge in [-0.15, -0.1) is 0 Å². The Morgan fingerprint density at radius 3 is 2.43 bits per heavy atom. The van der Waals surface area contributed by atoms with Crippen molar-refractivity contribution >= 4 is 58.8 Å². The number of anilines is 1. The number of allylic oxidation sites excluding steroid dienone is 3. The van der Waals surface area contributed by atoms with Crippen molar-refractivity contribution in [2.75, 3.05) is 58.8 Å². The largest absolute Gasteiger partial charge is 0.495 e. The Morgan fingerprint density at radius 1 is 1.12 bits per heavy atom. The number of hydrogen-bond donors (Lipinski definition) is 2. The van der Waals surface area contributed by atoms with Gasteiger partial charge in [-0.25, -0.2) is 9.59 Å². The number of alkyl carbamates (subject to hydrolysis) is 1. The summed E-state index contributed by atoms with van der Waals surface area (Å²) in [5.74, 6) is -0.600. The fourth-order valence-corrected chi connectivity index (χ4v) is 8.33. The van der Waals surface area contributed by atoms with Crippen molar-refractivity contribution < 1.29 is 52.8 Å². The SMILES string of the molecule is COc1cc2cc(c1Cl)N(C)C(=O)C[C@H](OC(=O)[C@H](C)N(C)C(=O)CCSCCC(=O)N(C)C)[C@]1(C)O[C@H]1[C@H](C)[C@@H]1C[C@](O)(C[C@H](OC)/C=C/C=C(\C)C2)NC(=O)O1. The maximum absolute atomic E-state index is 14.2. The number of esters is 1. The van der Waals surface area contributed by atoms with Gasteiger partial charge in [-0.2, -0.15) is 11.8 Å². The molecule has 3 aliphatic heterocycles. The summed E-state index contributed by atoms with van der Waals surface area (Å²) in [6, 6.07) is 2.59. The van der Waals surface area contributed by atoms with Gasteiger partial charge < -0.3 is 43.5 Å². The number of carbonyl (C=O) groups is 5. The minimum Gasteiger partial charge on any atom is -0.495 e. The Hall–Kier alpha value is -3.83. The molecule has 1 aromatic carbocycles. The summed E-state index contributed by atoms with van der Waals surface area (Å²) in [4.78, 5) is 70.1. The molecule has 3 heterocycles. The molecule has 17 heteroatoms. The van der Waals surface area contributed by atoms with Gasteiger partial charge in [0.15, 0.2) is 0 Å². The van der Waals surface area contributed by atoms with E-state index in [9.17, 15) is 29.1 Å². The van der Waals surface area contributed by atoms with Crippen LogP contribution in [-0.4, -0.2) is 140 Å². The number of methoxy groups -OCH3 is 2. The predicted molar refractivity (Wildman–Crippen MR) is 221 cm³/mol. The van der Waals surface area contributed by atoms with E-state index in [1.165, 1.54) is 47.7 Å². The first-order chi connectivity index (χ1) is 27.2. The first-order valence-corrected chi connectivity index (χ1v) is 20.9. The lowest BCUT2D eigenvalue weighted by Crippen LogP contribution is -2.59. The average Bonchev–Trinajstić information content (AvgIpc) is 3.87. The summed E-state index contributed by atoms with van der Waals surface area (Å²) in [7, 11) is 9.48. The molecule has 0 aliphatic carbocycles. The number of nitrogens with zero attached hydrogens (tertiary/aromatic N) is 3. The number of carbonyl (C=O) groups excluding carboxylic acids is 5. The molecule has 3 aliphatic rings. The number of aliphatic hydroxyl groups is 1. The molecule has 2 N–H and O–H groups in total. The smallest absolute Gasteiger partial charge is 0.409 e. The summed E-state index contributed by atoms with van der Waals surface area (Å²) in [6.07, 6.45) is 2.21. The number of fused-ring (bicyclic) bond motifs is 5. The molecule has 0 unspecified atom stereocenters. The summed E-state index contributed by atoms with van der Waals surface area (Å²) in [5.41, 5.74) is -0.745. The van der Waals surface area contributed by atoms with E-state index in [1.807, 2.05) is 19.1 Å². The van der Waals surface area contributed by atoms with Gasteiger partial charge in [0, 0.05) is 78.4 Å². The number of rotatable bonds is 11. The van der Waals surface area contributed by atoms with Crippen molar-refractivity contribution in [3.8, 4) is 5.75 Å². The third kappa shape index (κ3) is 11.7. The Morgan fingerprint density at radius 2 is 1.79 bits per heavy atom. The molecule has 58 heavy (non-hydrogen) atoms. The molecule has 0 aromatic heterocycles. The van der Waals surface area contributed by atoms with Crippen molar-refractivity contribution in [2.24, 2.45) is 5.92 Å². The van der Waals surface area contributed by atoms with Crippen molar-refractivity contribution in [2.45, 2.75) is 108 Å². The summed E-state index contributed by atoms with van der Waals surface area (Å²) < 4.78 is 29.3. The lowest BCUT2D eigenvalue weighted by molar-refractivity contribution is -0.161. The zero-order chi connectivity index (χ0) is 43.1. The minimum absolute atomic E-state index is 0.00215. The Bertz CT molecular complexity index is 1760. The molecule has 322 valence electrons. The Balaban J connectivity index is 1.64. The van der Waals surface area contributed by atoms with E-state index in [0.29, 0.717) is 35.8 Å². The predicted octanol–water partition coefficient (Wildman–Crippen LogP) is 4.51. The van der Waals surface area contributed by atoms with Gasteiger partial charge in [0.25, 0.3) is 0 Å². The first-order valence-electron chi connectivity index (χ1n) is 19.4. The number of epoxide rings is 1. The average molecular weight is 851 g/mol. The van der Waals surface area contributed by atoms with E-state index in [-0.39, 0.29) is 42.5 Å². The third-order valence-electron chi connectivity index (χ3n) is 11.1. The molecular weight excluding hydrogens is 792 g/mol. The topological polar surface area (TPSA) is 177 Å². The van der Waals surface area contributed by atoms with Gasteiger partial charge in [0.2, 0.25) is 17.7 Å². The number of thioether (sulfide) groups is 1. The number of amides is 4. The van der Waals surface area contributed by atoms with Crippen molar-refractivity contribution in [3.63, 3.8) is 0 Å². The molecule has 2 fully saturated rings. The van der Waals surface area contributed by atoms with Crippen LogP contribution in [0.1, 0.15) is 65.4 Å². The van der Waals surface area contributed by atoms with Crippen LogP contribution >= 0.6 is 23.4 Å². The maximum Gasteiger partial charge on any atom is 0.409 e. The fraction of sp³-hybridized carbons (Fsp3) is 0.634. The quantitative estimate of drug-likeness (QED) is 0.181. The molecule has 4 bridgehead atoms. The number of benzene rings is 1. The van der Waals surface area contributed by atoms with Crippen molar-refractivity contribution in [1.29, 1.82) is 0 Å². The molecular formula is C41H59ClN4O11S. The van der Waals surface area contributed by atoms with Gasteiger partial charge in [0.05, 0.1) is 31.4 Å². The van der Waals surface area contributed by atoms with Crippen molar-refractivity contribution in [3.05, 3.63) is 46.5 Å². The van der Waals surface area contributed by atoms with E-state index in [2.05, 4.69) is 5.32 Å². The Kier molecular flexibility index (Phi) is 16.1. The highest BCUT2D eigenvalue weighted by Crippen LogP contribution is 2.49. The second kappa shape index (κ2) is 19.9. The maximum atomic E-state index is 14.2. The summed E-state index contributed by atoms with van der Waals surface area (Å²) >= 11 is 8.26. The van der Waals surface area contributed by atoms with Crippen LogP contribution < -0.4 is 15.0 Å². The Labute approximate surface area is 350 Å². The number of likely N-dealkylation sites (N-methyl/N-ethyl adjacent to an activating group) is 1. The standard InChI is InChI=1S/C41H59ClN4O11S/c1-24-12-11-13-28(53-9)22-41(52)23-31(55-39(51)43-41)25(2)37-40(4,57-37)32(21-35(49)46(8)29-19-27(18-24)20-30(54-10)36(29)42)56-38(50)26(3)45(7)34(48)15-17-58-16-14-33(47)44(5)6/h11-13,19-20,25-26,28,31-32,37,52H,14-18,21-23H2,1-10H3,(H,43,51)/b13-11+,24-12+/t25-,26+,28-,31+,32+,37+,40+,41-/m1/s1. The molecule has 15 nitrogen and oxygen atoms in total. The van der Waals surface area contributed by atoms with Gasteiger partial charge in [-0.1, -0.05) is 42.3 Å². The van der Waals surface area contributed by atoms with Crippen LogP contribution in [0, 0.1) is 5.92 Å². The highest BCUT2D eigenvalue weighted by atomic mass is 35.5. The number of ether oxygens (including phenoxy) is 5. The molecule has 0 spiro atoms.